The van der Waals surface area contributed by atoms with E-state index in [9.17, 15) is 87.2 Å². The van der Waals surface area contributed by atoms with Gasteiger partial charge < -0.3 is 137 Å². The minimum atomic E-state index is -1.94. The number of carbonyl (C=O) groups excluding carboxylic acids is 14. The predicted molar refractivity (Wildman–Crippen MR) is 430 cm³/mol. The number of para-hydroxylation sites is 1. The summed E-state index contributed by atoms with van der Waals surface area (Å²) in [6.07, 6.45) is 15.9. The van der Waals surface area contributed by atoms with Gasteiger partial charge in [0.15, 0.2) is 0 Å². The summed E-state index contributed by atoms with van der Waals surface area (Å²) in [7, 11) is 0. The lowest BCUT2D eigenvalue weighted by atomic mass is 10.0. The number of aliphatic hydroxyl groups is 2. The fourth-order valence-corrected chi connectivity index (χ4v) is 12.7. The van der Waals surface area contributed by atoms with E-state index in [1.807, 2.05) is 0 Å². The van der Waals surface area contributed by atoms with Crippen LogP contribution in [-0.4, -0.2) is 274 Å². The van der Waals surface area contributed by atoms with Crippen LogP contribution in [0.25, 0.3) is 10.9 Å². The summed E-state index contributed by atoms with van der Waals surface area (Å²) in [5.74, 6) is -15.7. The molecule has 14 amide bonds. The second-order valence-electron chi connectivity index (χ2n) is 28.3. The third-order valence-corrected chi connectivity index (χ3v) is 19.1. The maximum atomic E-state index is 14.9. The van der Waals surface area contributed by atoms with E-state index in [4.69, 9.17) is 17.2 Å². The maximum Gasteiger partial charge on any atom is 0.305 e. The van der Waals surface area contributed by atoms with Crippen LogP contribution in [0, 0.1) is 0 Å². The number of primary amides is 1. The van der Waals surface area contributed by atoms with Gasteiger partial charge in [0.05, 0.1) is 111 Å². The maximum absolute atomic E-state index is 14.9. The van der Waals surface area contributed by atoms with Gasteiger partial charge >= 0.3 is 5.97 Å². The number of imidazole rings is 6. The molecule has 0 saturated carbocycles. The Hall–Kier alpha value is -14.9. The Bertz CT molecular complexity index is 4970. The summed E-state index contributed by atoms with van der Waals surface area (Å²) >= 11 is 0. The number of amides is 14. The van der Waals surface area contributed by atoms with Gasteiger partial charge in [0.2, 0.25) is 82.7 Å². The summed E-state index contributed by atoms with van der Waals surface area (Å²) in [6.45, 7) is -3.87. The second kappa shape index (κ2) is 46.5. The first-order valence-corrected chi connectivity index (χ1v) is 38.7. The zero-order valence-electron chi connectivity index (χ0n) is 66.0. The molecule has 0 aliphatic rings. The highest BCUT2D eigenvalue weighted by Crippen LogP contribution is 2.20. The van der Waals surface area contributed by atoms with Crippen LogP contribution in [0.5, 0.6) is 0 Å². The van der Waals surface area contributed by atoms with Crippen molar-refractivity contribution in [3.63, 3.8) is 0 Å². The number of unbranched alkanes of at least 4 members (excludes halogenated alkanes) is 1. The molecular weight excluding hydrogens is 1610 g/mol. The molecule has 0 aliphatic carbocycles. The van der Waals surface area contributed by atoms with Gasteiger partial charge in [-0.2, -0.15) is 0 Å². The fourth-order valence-electron chi connectivity index (χ4n) is 12.7. The Labute approximate surface area is 698 Å². The van der Waals surface area contributed by atoms with Crippen LogP contribution in [0.2, 0.25) is 0 Å². The average Bonchev–Trinajstić information content (AvgIpc) is 1.68. The third-order valence-electron chi connectivity index (χ3n) is 19.1. The number of aromatic nitrogens is 13. The van der Waals surface area contributed by atoms with E-state index in [2.05, 4.69) is 134 Å². The van der Waals surface area contributed by atoms with Crippen molar-refractivity contribution in [1.82, 2.24) is 134 Å². The second-order valence-corrected chi connectivity index (χ2v) is 28.3. The molecule has 2 aromatic carbocycles. The van der Waals surface area contributed by atoms with Gasteiger partial charge in [0, 0.05) is 106 Å². The molecule has 654 valence electrons. The molecule has 123 heavy (non-hydrogen) atoms. The molecule has 0 radical (unpaired) electrons. The highest BCUT2D eigenvalue weighted by molar-refractivity contribution is 6.01. The van der Waals surface area contributed by atoms with Gasteiger partial charge in [-0.05, 0) is 43.0 Å². The molecular formula is C76H97N29O18. The molecule has 12 atom stereocenters. The Morgan fingerprint density at radius 3 is 1.14 bits per heavy atom. The number of H-pyrrole nitrogens is 7. The van der Waals surface area contributed by atoms with Crippen molar-refractivity contribution in [1.29, 1.82) is 0 Å². The van der Waals surface area contributed by atoms with Crippen LogP contribution < -0.4 is 86.3 Å². The Morgan fingerprint density at radius 1 is 0.358 bits per heavy atom. The lowest BCUT2D eigenvalue weighted by Gasteiger charge is -2.27. The summed E-state index contributed by atoms with van der Waals surface area (Å²) in [4.78, 5) is 253. The molecule has 0 fully saturated rings. The number of aliphatic carboxylic acids is 1. The topological polar surface area (TPSA) is 739 Å². The number of nitrogens with one attached hydrogen (secondary N) is 20. The van der Waals surface area contributed by atoms with E-state index in [1.165, 1.54) is 68.9 Å². The lowest BCUT2D eigenvalue weighted by molar-refractivity contribution is -0.141. The van der Waals surface area contributed by atoms with Gasteiger partial charge in [-0.15, -0.1) is 0 Å². The normalized spacial score (nSPS) is 14.1. The number of benzene rings is 2. The number of fused-ring (bicyclic) bond motifs is 1. The van der Waals surface area contributed by atoms with E-state index in [-0.39, 0.29) is 87.1 Å². The number of hydrogen-bond acceptors (Lipinski definition) is 25. The molecule has 29 N–H and O–H groups in total. The summed E-state index contributed by atoms with van der Waals surface area (Å²) in [5.41, 5.74) is 21.1. The lowest BCUT2D eigenvalue weighted by Crippen LogP contribution is -2.62. The number of carboxylic acids is 1. The number of carbonyl (C=O) groups is 15. The highest BCUT2D eigenvalue weighted by atomic mass is 16.4. The van der Waals surface area contributed by atoms with Crippen molar-refractivity contribution in [2.45, 2.75) is 150 Å². The molecule has 47 nitrogen and oxygen atoms in total. The number of nitrogens with two attached hydrogens (primary N) is 3. The van der Waals surface area contributed by atoms with Gasteiger partial charge in [0.25, 0.3) is 0 Å². The Morgan fingerprint density at radius 2 is 0.715 bits per heavy atom. The minimum Gasteiger partial charge on any atom is -0.481 e. The monoisotopic (exact) mass is 1700 g/mol. The molecule has 0 unspecified atom stereocenters. The van der Waals surface area contributed by atoms with Crippen molar-refractivity contribution in [2.24, 2.45) is 17.2 Å². The molecule has 9 aromatic rings. The number of aliphatic hydroxyl groups excluding tert-OH is 2. The standard InChI is InChI=1S/C76H97N29O18/c77-13-7-6-12-51(68(115)103-59(22-64(110)111)75(122)97-52(65(79)112)14-40-8-2-1-3-9-40)96-69(116)53(15-41-23-86-50-11-5-4-10-48(41)50)95-63(109)31-87-62(108)30-88-67(114)60(32-106)104-76(123)61(33-107)105-74(121)58(21-47-29-85-39-94-47)102-73(120)57(20-46-28-84-38-93-46)101-72(119)56(19-45-27-83-37-92-45)100-71(118)55(18-44-26-82-36-91-44)99-70(117)54(17-43-25-81-35-90-43)98-66(113)49(78)16-42-24-80-34-89-42/h1-5,8-11,23-29,34-39,49,51-61,86,106-107H,6-7,12-22,30-33,77-78H2,(H2,79,112)(H,80,89)(H,81,90)(H,82,91)(H,83,92)(H,84,93)(H,85,94)(H,87,108)(H,88,114)(H,95,109)(H,96,116)(H,97,122)(H,98,113)(H,99,117)(H,100,118)(H,101,119)(H,102,120)(H,103,115)(H,104,123)(H,105,121)(H,110,111)/t49-,51-,52-,53-,54-,55-,56-,57-,58-,59-,60-,61-/m0/s1. The number of aromatic amines is 7. The van der Waals surface area contributed by atoms with Crippen molar-refractivity contribution < 1.29 is 87.2 Å². The molecule has 0 aliphatic heterocycles. The molecule has 7 heterocycles. The van der Waals surface area contributed by atoms with E-state index in [0.717, 1.165) is 0 Å². The van der Waals surface area contributed by atoms with Crippen LogP contribution in [0.4, 0.5) is 0 Å². The number of rotatable bonds is 51. The molecule has 47 heteroatoms. The van der Waals surface area contributed by atoms with E-state index < -0.39 is 200 Å². The van der Waals surface area contributed by atoms with Crippen molar-refractivity contribution in [3.05, 3.63) is 181 Å². The number of nitrogens with zero attached hydrogens (tertiary/aromatic N) is 6. The zero-order chi connectivity index (χ0) is 88.3. The van der Waals surface area contributed by atoms with Crippen LogP contribution in [-0.2, 0) is 123 Å². The summed E-state index contributed by atoms with van der Waals surface area (Å²) < 4.78 is 0. The Kier molecular flexibility index (Phi) is 34.8. The van der Waals surface area contributed by atoms with E-state index in [1.54, 1.807) is 67.0 Å². The number of carboxylic acid groups (broad SMARTS) is 1. The Balaban J connectivity index is 0.824. The van der Waals surface area contributed by atoms with Crippen molar-refractivity contribution in [2.75, 3.05) is 32.8 Å². The largest absolute Gasteiger partial charge is 0.481 e. The molecule has 0 spiro atoms. The van der Waals surface area contributed by atoms with Gasteiger partial charge in [-0.25, -0.2) is 29.9 Å². The zero-order valence-corrected chi connectivity index (χ0v) is 66.0. The van der Waals surface area contributed by atoms with Gasteiger partial charge in [-0.1, -0.05) is 48.5 Å². The van der Waals surface area contributed by atoms with Gasteiger partial charge in [-0.3, -0.25) is 71.9 Å². The van der Waals surface area contributed by atoms with Crippen molar-refractivity contribution >= 4 is 99.6 Å². The van der Waals surface area contributed by atoms with E-state index in [0.29, 0.717) is 39.8 Å². The molecule has 0 bridgehead atoms. The van der Waals surface area contributed by atoms with Crippen LogP contribution in [0.3, 0.4) is 0 Å². The first-order chi connectivity index (χ1) is 59.2. The van der Waals surface area contributed by atoms with Crippen LogP contribution >= 0.6 is 0 Å². The highest BCUT2D eigenvalue weighted by Gasteiger charge is 2.38. The minimum absolute atomic E-state index is 0.00222. The quantitative estimate of drug-likeness (QED) is 0.0157. The molecule has 9 rings (SSSR count). The summed E-state index contributed by atoms with van der Waals surface area (Å²) in [6, 6.07) is -3.55. The first-order valence-electron chi connectivity index (χ1n) is 38.7. The van der Waals surface area contributed by atoms with Gasteiger partial charge in [0.1, 0.15) is 66.5 Å². The number of hydrogen-bond donors (Lipinski definition) is 26. The SMILES string of the molecule is NCCCC[C@H](NC(=O)[C@H](Cc1c[nH]c2ccccc12)NC(=O)CNC(=O)CNC(=O)[C@H](CO)NC(=O)[C@H](CO)NC(=O)[C@H](Cc1c[nH]cn1)NC(=O)[C@H](Cc1c[nH]cn1)NC(=O)[C@H](Cc1c[nH]cn1)NC(=O)[C@H](Cc1c[nH]cn1)NC(=O)[C@H](Cc1c[nH]cn1)NC(=O)[C@@H](N)Cc1c[nH]cn1)C(=O)N[C@@H](CC(=O)O)C(=O)N[C@@H](Cc1ccccc1)C(N)=O. The predicted octanol–water partition coefficient (Wildman–Crippen LogP) is -8.29. The average molecular weight is 1700 g/mol. The first kappa shape index (κ1) is 92.0. The molecule has 0 saturated heterocycles. The van der Waals surface area contributed by atoms with Crippen LogP contribution in [0.15, 0.2) is 136 Å². The molecule has 7 aromatic heterocycles. The summed E-state index contributed by atoms with van der Waals surface area (Å²) in [5, 5.41) is 63.4. The fraction of sp³-hybridized carbons (Fsp3) is 0.382. The van der Waals surface area contributed by atoms with Crippen LogP contribution in [0.1, 0.15) is 71.0 Å². The third kappa shape index (κ3) is 29.0. The van der Waals surface area contributed by atoms with E-state index >= 15 is 0 Å². The smallest absolute Gasteiger partial charge is 0.305 e. The van der Waals surface area contributed by atoms with Crippen molar-refractivity contribution in [3.8, 4) is 0 Å².